The molecule has 0 aromatic heterocycles. The first-order valence-electron chi connectivity index (χ1n) is 7.26. The van der Waals surface area contributed by atoms with E-state index >= 15 is 0 Å². The lowest BCUT2D eigenvalue weighted by Crippen LogP contribution is -2.41. The fourth-order valence-electron chi connectivity index (χ4n) is 2.68. The first-order chi connectivity index (χ1) is 8.83. The van der Waals surface area contributed by atoms with Crippen molar-refractivity contribution in [3.8, 4) is 0 Å². The van der Waals surface area contributed by atoms with Crippen LogP contribution in [0.4, 0.5) is 0 Å². The highest BCUT2D eigenvalue weighted by Crippen LogP contribution is 2.19. The highest BCUT2D eigenvalue weighted by atomic mass is 16.5. The quantitative estimate of drug-likeness (QED) is 0.834. The summed E-state index contributed by atoms with van der Waals surface area (Å²) in [5, 5.41) is 3.58. The number of likely N-dealkylation sites (N-methyl/N-ethyl adjacent to an activating group) is 1. The molecule has 1 aliphatic heterocycles. The van der Waals surface area contributed by atoms with Gasteiger partial charge < -0.3 is 10.1 Å². The smallest absolute Gasteiger partial charge is 0.0732 e. The topological polar surface area (TPSA) is 21.3 Å². The Labute approximate surface area is 111 Å². The summed E-state index contributed by atoms with van der Waals surface area (Å²) in [5.74, 6) is 0. The van der Waals surface area contributed by atoms with E-state index in [1.165, 1.54) is 24.0 Å². The third-order valence-corrected chi connectivity index (χ3v) is 3.77. The fourth-order valence-corrected chi connectivity index (χ4v) is 2.68. The second-order valence-electron chi connectivity index (χ2n) is 5.09. The number of hydrogen-bond donors (Lipinski definition) is 1. The molecular formula is C16H25NO. The number of rotatable bonds is 6. The normalized spacial score (nSPS) is 21.1. The standard InChI is InChI=1S/C16H25NO/c1-3-13-7-9-14(10-8-13)12-15(17-4-2)16-6-5-11-18-16/h7-10,15-17H,3-6,11-12H2,1-2H3. The van der Waals surface area contributed by atoms with E-state index in [1.54, 1.807) is 0 Å². The van der Waals surface area contributed by atoms with Crippen molar-refractivity contribution in [1.29, 1.82) is 0 Å². The van der Waals surface area contributed by atoms with Gasteiger partial charge in [0, 0.05) is 12.6 Å². The minimum atomic E-state index is 0.399. The van der Waals surface area contributed by atoms with Crippen LogP contribution in [0.2, 0.25) is 0 Å². The van der Waals surface area contributed by atoms with Crippen LogP contribution < -0.4 is 5.32 Å². The monoisotopic (exact) mass is 247 g/mol. The van der Waals surface area contributed by atoms with E-state index in [-0.39, 0.29) is 0 Å². The Balaban J connectivity index is 1.98. The van der Waals surface area contributed by atoms with Crippen LogP contribution in [0.3, 0.4) is 0 Å². The molecule has 2 nitrogen and oxygen atoms in total. The zero-order valence-electron chi connectivity index (χ0n) is 11.6. The lowest BCUT2D eigenvalue weighted by atomic mass is 9.98. The van der Waals surface area contributed by atoms with Gasteiger partial charge >= 0.3 is 0 Å². The van der Waals surface area contributed by atoms with Crippen LogP contribution in [-0.2, 0) is 17.6 Å². The Morgan fingerprint density at radius 2 is 1.94 bits per heavy atom. The molecule has 2 rings (SSSR count). The fraction of sp³-hybridized carbons (Fsp3) is 0.625. The van der Waals surface area contributed by atoms with Gasteiger partial charge in [-0.25, -0.2) is 0 Å². The molecule has 0 bridgehead atoms. The van der Waals surface area contributed by atoms with Crippen molar-refractivity contribution in [3.05, 3.63) is 35.4 Å². The number of aryl methyl sites for hydroxylation is 1. The zero-order chi connectivity index (χ0) is 12.8. The van der Waals surface area contributed by atoms with Gasteiger partial charge in [0.1, 0.15) is 0 Å². The Morgan fingerprint density at radius 3 is 2.50 bits per heavy atom. The maximum atomic E-state index is 5.82. The molecule has 0 aliphatic carbocycles. The van der Waals surface area contributed by atoms with E-state index in [0.717, 1.165) is 26.0 Å². The van der Waals surface area contributed by atoms with Crippen LogP contribution in [0.5, 0.6) is 0 Å². The molecule has 2 heteroatoms. The van der Waals surface area contributed by atoms with Crippen molar-refractivity contribution in [1.82, 2.24) is 5.32 Å². The molecule has 1 aromatic rings. The van der Waals surface area contributed by atoms with Crippen LogP contribution in [0.15, 0.2) is 24.3 Å². The maximum Gasteiger partial charge on any atom is 0.0732 e. The third-order valence-electron chi connectivity index (χ3n) is 3.77. The summed E-state index contributed by atoms with van der Waals surface area (Å²) >= 11 is 0. The van der Waals surface area contributed by atoms with Crippen LogP contribution >= 0.6 is 0 Å². The molecule has 1 N–H and O–H groups in total. The van der Waals surface area contributed by atoms with Crippen molar-refractivity contribution in [2.45, 2.75) is 51.7 Å². The predicted molar refractivity (Wildman–Crippen MR) is 76.0 cm³/mol. The molecule has 0 saturated carbocycles. The van der Waals surface area contributed by atoms with E-state index < -0.39 is 0 Å². The van der Waals surface area contributed by atoms with Gasteiger partial charge in [0.2, 0.25) is 0 Å². The second kappa shape index (κ2) is 6.91. The van der Waals surface area contributed by atoms with E-state index in [0.29, 0.717) is 12.1 Å². The molecule has 2 unspecified atom stereocenters. The molecule has 0 radical (unpaired) electrons. The predicted octanol–water partition coefficient (Wildman–Crippen LogP) is 2.95. The highest BCUT2D eigenvalue weighted by molar-refractivity contribution is 5.23. The van der Waals surface area contributed by atoms with Crippen molar-refractivity contribution in [3.63, 3.8) is 0 Å². The summed E-state index contributed by atoms with van der Waals surface area (Å²) in [6, 6.07) is 9.47. The Kier molecular flexibility index (Phi) is 5.21. The zero-order valence-corrected chi connectivity index (χ0v) is 11.6. The van der Waals surface area contributed by atoms with Crippen LogP contribution in [0.1, 0.15) is 37.8 Å². The molecule has 1 saturated heterocycles. The minimum absolute atomic E-state index is 0.399. The third kappa shape index (κ3) is 3.56. The van der Waals surface area contributed by atoms with Crippen LogP contribution in [0, 0.1) is 0 Å². The Morgan fingerprint density at radius 1 is 1.22 bits per heavy atom. The molecule has 0 spiro atoms. The van der Waals surface area contributed by atoms with Gasteiger partial charge in [-0.1, -0.05) is 38.1 Å². The molecule has 1 aliphatic rings. The maximum absolute atomic E-state index is 5.82. The number of hydrogen-bond acceptors (Lipinski definition) is 2. The molecule has 1 heterocycles. The van der Waals surface area contributed by atoms with E-state index in [1.807, 2.05) is 0 Å². The average Bonchev–Trinajstić information content (AvgIpc) is 2.93. The van der Waals surface area contributed by atoms with Gasteiger partial charge in [-0.15, -0.1) is 0 Å². The van der Waals surface area contributed by atoms with Gasteiger partial charge in [0.15, 0.2) is 0 Å². The van der Waals surface area contributed by atoms with E-state index in [4.69, 9.17) is 4.74 Å². The number of nitrogens with one attached hydrogen (secondary N) is 1. The van der Waals surface area contributed by atoms with Gasteiger partial charge in [-0.2, -0.15) is 0 Å². The average molecular weight is 247 g/mol. The minimum Gasteiger partial charge on any atom is -0.377 e. The van der Waals surface area contributed by atoms with Gasteiger partial charge in [0.25, 0.3) is 0 Å². The number of benzene rings is 1. The van der Waals surface area contributed by atoms with Crippen molar-refractivity contribution in [2.75, 3.05) is 13.2 Å². The van der Waals surface area contributed by atoms with Crippen molar-refractivity contribution < 1.29 is 4.74 Å². The Hall–Kier alpha value is -0.860. The summed E-state index contributed by atoms with van der Waals surface area (Å²) < 4.78 is 5.82. The summed E-state index contributed by atoms with van der Waals surface area (Å²) in [5.41, 5.74) is 2.82. The lowest BCUT2D eigenvalue weighted by Gasteiger charge is -2.24. The van der Waals surface area contributed by atoms with Crippen molar-refractivity contribution in [2.24, 2.45) is 0 Å². The molecule has 0 amide bonds. The summed E-state index contributed by atoms with van der Waals surface area (Å²) in [4.78, 5) is 0. The van der Waals surface area contributed by atoms with Gasteiger partial charge in [-0.05, 0) is 43.4 Å². The number of ether oxygens (including phenoxy) is 1. The first kappa shape index (κ1) is 13.6. The van der Waals surface area contributed by atoms with E-state index in [2.05, 4.69) is 43.4 Å². The summed E-state index contributed by atoms with van der Waals surface area (Å²) in [6.07, 6.45) is 4.99. The van der Waals surface area contributed by atoms with Crippen LogP contribution in [-0.4, -0.2) is 25.3 Å². The largest absolute Gasteiger partial charge is 0.377 e. The SMILES string of the molecule is CCNC(Cc1ccc(CC)cc1)C1CCCO1. The summed E-state index contributed by atoms with van der Waals surface area (Å²) in [6.45, 7) is 6.31. The lowest BCUT2D eigenvalue weighted by molar-refractivity contribution is 0.0789. The van der Waals surface area contributed by atoms with Gasteiger partial charge in [-0.3, -0.25) is 0 Å². The van der Waals surface area contributed by atoms with Crippen LogP contribution in [0.25, 0.3) is 0 Å². The van der Waals surface area contributed by atoms with E-state index in [9.17, 15) is 0 Å². The highest BCUT2D eigenvalue weighted by Gasteiger charge is 2.25. The molecule has 100 valence electrons. The Bertz CT molecular complexity index is 341. The molecule has 1 fully saturated rings. The summed E-state index contributed by atoms with van der Waals surface area (Å²) in [7, 11) is 0. The molecule has 18 heavy (non-hydrogen) atoms. The second-order valence-corrected chi connectivity index (χ2v) is 5.09. The molecule has 2 atom stereocenters. The molecule has 1 aromatic carbocycles. The first-order valence-corrected chi connectivity index (χ1v) is 7.26. The van der Waals surface area contributed by atoms with Crippen molar-refractivity contribution >= 4 is 0 Å². The molecular weight excluding hydrogens is 222 g/mol. The van der Waals surface area contributed by atoms with Gasteiger partial charge in [0.05, 0.1) is 6.10 Å².